The second kappa shape index (κ2) is 3.81. The second-order valence-electron chi connectivity index (χ2n) is 2.39. The molecule has 0 saturated heterocycles. The number of hydrogen-bond donors (Lipinski definition) is 0. The molecule has 0 bridgehead atoms. The summed E-state index contributed by atoms with van der Waals surface area (Å²) >= 11 is 0. The van der Waals surface area contributed by atoms with Gasteiger partial charge in [0.25, 0.3) is 0 Å². The predicted molar refractivity (Wildman–Crippen MR) is 51.6 cm³/mol. The van der Waals surface area contributed by atoms with Gasteiger partial charge in [-0.1, -0.05) is 26.2 Å². The zero-order valence-electron chi connectivity index (χ0n) is 7.25. The lowest BCUT2D eigenvalue weighted by Gasteiger charge is -2.00. The summed E-state index contributed by atoms with van der Waals surface area (Å²) in [5, 5.41) is 0. The molecule has 0 fully saturated rings. The van der Waals surface area contributed by atoms with E-state index in [0.29, 0.717) is 0 Å². The summed E-state index contributed by atoms with van der Waals surface area (Å²) in [6, 6.07) is 0. The highest BCUT2D eigenvalue weighted by Gasteiger charge is 1.98. The molecule has 2 heteroatoms. The fourth-order valence-corrected chi connectivity index (χ4v) is 0.934. The molecule has 0 spiro atoms. The van der Waals surface area contributed by atoms with Crippen LogP contribution < -0.4 is 0 Å². The highest BCUT2D eigenvalue weighted by molar-refractivity contribution is 5.59. The molecule has 0 aromatic carbocycles. The Morgan fingerprint density at radius 2 is 2.17 bits per heavy atom. The van der Waals surface area contributed by atoms with E-state index < -0.39 is 0 Å². The van der Waals surface area contributed by atoms with Crippen LogP contribution in [0.25, 0.3) is 12.2 Å². The topological polar surface area (TPSA) is 25.8 Å². The standard InChI is InChI=1S/C10H12N2/c1-4-8-7-11-10(6-3)12-9(8)5-2/h4-5,7H,1-2,6H2,3H3. The van der Waals surface area contributed by atoms with Gasteiger partial charge in [0.05, 0.1) is 5.69 Å². The fourth-order valence-electron chi connectivity index (χ4n) is 0.934. The zero-order chi connectivity index (χ0) is 8.97. The van der Waals surface area contributed by atoms with Crippen molar-refractivity contribution in [1.82, 2.24) is 9.97 Å². The fraction of sp³-hybridized carbons (Fsp3) is 0.200. The van der Waals surface area contributed by atoms with Gasteiger partial charge in [0.15, 0.2) is 0 Å². The number of aryl methyl sites for hydroxylation is 1. The van der Waals surface area contributed by atoms with Crippen molar-refractivity contribution in [2.24, 2.45) is 0 Å². The maximum atomic E-state index is 4.28. The first-order valence-corrected chi connectivity index (χ1v) is 3.92. The molecule has 1 aromatic heterocycles. The SMILES string of the molecule is C=Cc1cnc(CC)nc1C=C. The highest BCUT2D eigenvalue weighted by Crippen LogP contribution is 2.08. The molecule has 2 nitrogen and oxygen atoms in total. The Kier molecular flexibility index (Phi) is 2.75. The third-order valence-electron chi connectivity index (χ3n) is 1.63. The van der Waals surface area contributed by atoms with Gasteiger partial charge in [0, 0.05) is 18.2 Å². The minimum atomic E-state index is 0.843. The summed E-state index contributed by atoms with van der Waals surface area (Å²) in [7, 11) is 0. The summed E-state index contributed by atoms with van der Waals surface area (Å²) in [5.41, 5.74) is 1.79. The van der Waals surface area contributed by atoms with Crippen molar-refractivity contribution in [2.45, 2.75) is 13.3 Å². The van der Waals surface area contributed by atoms with Crippen molar-refractivity contribution in [1.29, 1.82) is 0 Å². The molecule has 0 aliphatic rings. The molecule has 1 heterocycles. The van der Waals surface area contributed by atoms with Crippen LogP contribution in [-0.4, -0.2) is 9.97 Å². The van der Waals surface area contributed by atoms with E-state index in [1.54, 1.807) is 18.3 Å². The van der Waals surface area contributed by atoms with Crippen LogP contribution in [0.1, 0.15) is 24.0 Å². The summed E-state index contributed by atoms with van der Waals surface area (Å²) in [4.78, 5) is 8.43. The van der Waals surface area contributed by atoms with E-state index >= 15 is 0 Å². The largest absolute Gasteiger partial charge is 0.241 e. The van der Waals surface area contributed by atoms with Crippen LogP contribution in [0, 0.1) is 0 Å². The van der Waals surface area contributed by atoms with E-state index in [1.807, 2.05) is 6.92 Å². The van der Waals surface area contributed by atoms with Crippen LogP contribution in [0.2, 0.25) is 0 Å². The van der Waals surface area contributed by atoms with Crippen molar-refractivity contribution in [3.05, 3.63) is 36.4 Å². The smallest absolute Gasteiger partial charge is 0.128 e. The van der Waals surface area contributed by atoms with Crippen LogP contribution >= 0.6 is 0 Å². The van der Waals surface area contributed by atoms with Crippen molar-refractivity contribution in [2.75, 3.05) is 0 Å². The van der Waals surface area contributed by atoms with Crippen LogP contribution in [0.3, 0.4) is 0 Å². The predicted octanol–water partition coefficient (Wildman–Crippen LogP) is 2.33. The first-order valence-electron chi connectivity index (χ1n) is 3.92. The Morgan fingerprint density at radius 3 is 2.67 bits per heavy atom. The monoisotopic (exact) mass is 160 g/mol. The average molecular weight is 160 g/mol. The van der Waals surface area contributed by atoms with E-state index in [4.69, 9.17) is 0 Å². The van der Waals surface area contributed by atoms with Gasteiger partial charge in [0.1, 0.15) is 5.82 Å². The molecular formula is C10H12N2. The number of aromatic nitrogens is 2. The Labute approximate surface area is 72.7 Å². The minimum Gasteiger partial charge on any atom is -0.241 e. The average Bonchev–Trinajstić information content (AvgIpc) is 2.16. The molecule has 0 radical (unpaired) electrons. The lowest BCUT2D eigenvalue weighted by molar-refractivity contribution is 0.931. The summed E-state index contributed by atoms with van der Waals surface area (Å²) in [6.45, 7) is 9.37. The Morgan fingerprint density at radius 1 is 1.42 bits per heavy atom. The van der Waals surface area contributed by atoms with E-state index in [1.165, 1.54) is 0 Å². The molecule has 0 saturated carbocycles. The number of rotatable bonds is 3. The first kappa shape index (κ1) is 8.65. The number of hydrogen-bond acceptors (Lipinski definition) is 2. The molecule has 0 aliphatic heterocycles. The van der Waals surface area contributed by atoms with Gasteiger partial charge in [-0.15, -0.1) is 0 Å². The third kappa shape index (κ3) is 1.59. The molecule has 0 unspecified atom stereocenters. The molecule has 12 heavy (non-hydrogen) atoms. The van der Waals surface area contributed by atoms with E-state index in [9.17, 15) is 0 Å². The lowest BCUT2D eigenvalue weighted by Crippen LogP contribution is -1.96. The molecule has 0 N–H and O–H groups in total. The van der Waals surface area contributed by atoms with Crippen LogP contribution in [-0.2, 0) is 6.42 Å². The van der Waals surface area contributed by atoms with Gasteiger partial charge in [-0.25, -0.2) is 9.97 Å². The minimum absolute atomic E-state index is 0.843. The van der Waals surface area contributed by atoms with Crippen molar-refractivity contribution < 1.29 is 0 Å². The third-order valence-corrected chi connectivity index (χ3v) is 1.63. The van der Waals surface area contributed by atoms with Crippen molar-refractivity contribution in [3.8, 4) is 0 Å². The van der Waals surface area contributed by atoms with Gasteiger partial charge in [-0.2, -0.15) is 0 Å². The quantitative estimate of drug-likeness (QED) is 0.678. The van der Waals surface area contributed by atoms with E-state index in [0.717, 1.165) is 23.5 Å². The normalized spacial score (nSPS) is 9.42. The summed E-state index contributed by atoms with van der Waals surface area (Å²) in [6.07, 6.45) is 6.07. The first-order chi connectivity index (χ1) is 5.81. The van der Waals surface area contributed by atoms with Crippen LogP contribution in [0.4, 0.5) is 0 Å². The van der Waals surface area contributed by atoms with E-state index in [2.05, 4.69) is 23.1 Å². The zero-order valence-corrected chi connectivity index (χ0v) is 7.25. The van der Waals surface area contributed by atoms with Crippen molar-refractivity contribution in [3.63, 3.8) is 0 Å². The lowest BCUT2D eigenvalue weighted by atomic mass is 10.2. The van der Waals surface area contributed by atoms with Gasteiger partial charge in [-0.3, -0.25) is 0 Å². The molecule has 0 amide bonds. The summed E-state index contributed by atoms with van der Waals surface area (Å²) < 4.78 is 0. The summed E-state index contributed by atoms with van der Waals surface area (Å²) in [5.74, 6) is 0.843. The van der Waals surface area contributed by atoms with Gasteiger partial charge in [-0.05, 0) is 6.08 Å². The molecule has 0 atom stereocenters. The Bertz CT molecular complexity index is 303. The molecule has 62 valence electrons. The molecular weight excluding hydrogens is 148 g/mol. The molecule has 1 aromatic rings. The van der Waals surface area contributed by atoms with Crippen LogP contribution in [0.15, 0.2) is 19.4 Å². The Balaban J connectivity index is 3.18. The van der Waals surface area contributed by atoms with Crippen molar-refractivity contribution >= 4 is 12.2 Å². The van der Waals surface area contributed by atoms with Gasteiger partial charge < -0.3 is 0 Å². The van der Waals surface area contributed by atoms with Gasteiger partial charge in [0.2, 0.25) is 0 Å². The van der Waals surface area contributed by atoms with Gasteiger partial charge >= 0.3 is 0 Å². The molecule has 0 aliphatic carbocycles. The maximum absolute atomic E-state index is 4.28. The number of nitrogens with zero attached hydrogens (tertiary/aromatic N) is 2. The van der Waals surface area contributed by atoms with E-state index in [-0.39, 0.29) is 0 Å². The highest BCUT2D eigenvalue weighted by atomic mass is 14.9. The second-order valence-corrected chi connectivity index (χ2v) is 2.39. The molecule has 1 rings (SSSR count). The maximum Gasteiger partial charge on any atom is 0.128 e. The van der Waals surface area contributed by atoms with Crippen LogP contribution in [0.5, 0.6) is 0 Å². The Hall–Kier alpha value is -1.44.